The minimum atomic E-state index is -0.362. The van der Waals surface area contributed by atoms with Gasteiger partial charge in [0, 0.05) is 43.9 Å². The van der Waals surface area contributed by atoms with E-state index in [1.165, 1.54) is 6.07 Å². The van der Waals surface area contributed by atoms with Crippen molar-refractivity contribution in [3.05, 3.63) is 33.9 Å². The van der Waals surface area contributed by atoms with Crippen LogP contribution in [-0.4, -0.2) is 55.0 Å². The molecule has 1 unspecified atom stereocenters. The highest BCUT2D eigenvalue weighted by molar-refractivity contribution is 5.96. The van der Waals surface area contributed by atoms with Crippen molar-refractivity contribution in [1.29, 1.82) is 0 Å². The van der Waals surface area contributed by atoms with E-state index >= 15 is 0 Å². The fourth-order valence-electron chi connectivity index (χ4n) is 4.04. The minimum absolute atomic E-state index is 0.0368. The number of hydrogen-bond acceptors (Lipinski definition) is 5. The molecule has 0 aliphatic carbocycles. The summed E-state index contributed by atoms with van der Waals surface area (Å²) in [7, 11) is 1.88. The summed E-state index contributed by atoms with van der Waals surface area (Å²) in [6, 6.07) is 5.13. The molecule has 3 rings (SSSR count). The first-order valence-electron chi connectivity index (χ1n) is 9.50. The summed E-state index contributed by atoms with van der Waals surface area (Å²) in [5.74, 6) is 0.551. The summed E-state index contributed by atoms with van der Waals surface area (Å²) in [5, 5.41) is 14.8. The molecule has 1 aromatic carbocycles. The van der Waals surface area contributed by atoms with Crippen LogP contribution in [0.4, 0.5) is 11.4 Å². The van der Waals surface area contributed by atoms with Crippen LogP contribution in [0.1, 0.15) is 43.0 Å². The molecule has 2 aliphatic rings. The Morgan fingerprint density at radius 2 is 2.00 bits per heavy atom. The molecule has 1 aromatic rings. The zero-order valence-electron chi connectivity index (χ0n) is 15.6. The van der Waals surface area contributed by atoms with E-state index in [2.05, 4.69) is 17.1 Å². The van der Waals surface area contributed by atoms with Crippen LogP contribution in [0.5, 0.6) is 0 Å². The van der Waals surface area contributed by atoms with E-state index in [1.807, 2.05) is 11.9 Å². The Balaban J connectivity index is 1.84. The van der Waals surface area contributed by atoms with Crippen molar-refractivity contribution in [1.82, 2.24) is 10.2 Å². The van der Waals surface area contributed by atoms with Crippen molar-refractivity contribution in [2.75, 3.05) is 38.1 Å². The first kappa shape index (κ1) is 18.6. The molecule has 1 N–H and O–H groups in total. The SMILES string of the molecule is CNCC1CCCN1C(=O)c1ccc(N2CCC(C)CC2)c([N+](=O)[O-])c1. The number of hydrogen-bond donors (Lipinski definition) is 1. The number of anilines is 1. The molecule has 0 spiro atoms. The van der Waals surface area contributed by atoms with Crippen LogP contribution in [0, 0.1) is 16.0 Å². The number of likely N-dealkylation sites (N-methyl/N-ethyl adjacent to an activating group) is 1. The van der Waals surface area contributed by atoms with Crippen LogP contribution in [0.15, 0.2) is 18.2 Å². The number of nitro benzene ring substituents is 1. The average Bonchev–Trinajstić information content (AvgIpc) is 3.10. The Kier molecular flexibility index (Phi) is 5.76. The molecule has 1 amide bonds. The normalized spacial score (nSPS) is 21.2. The molecule has 0 bridgehead atoms. The quantitative estimate of drug-likeness (QED) is 0.645. The Bertz CT molecular complexity index is 671. The number of nitro groups is 1. The summed E-state index contributed by atoms with van der Waals surface area (Å²) in [5.41, 5.74) is 1.08. The van der Waals surface area contributed by atoms with Gasteiger partial charge in [-0.2, -0.15) is 0 Å². The maximum Gasteiger partial charge on any atom is 0.293 e. The van der Waals surface area contributed by atoms with Gasteiger partial charge in [0.1, 0.15) is 5.69 Å². The molecule has 2 saturated heterocycles. The van der Waals surface area contributed by atoms with Gasteiger partial charge in [0.15, 0.2) is 0 Å². The van der Waals surface area contributed by atoms with Crippen LogP contribution in [-0.2, 0) is 0 Å². The molecule has 1 atom stereocenters. The molecular weight excluding hydrogens is 332 g/mol. The van der Waals surface area contributed by atoms with E-state index in [0.29, 0.717) is 23.7 Å². The van der Waals surface area contributed by atoms with Gasteiger partial charge in [0.25, 0.3) is 11.6 Å². The Hall–Kier alpha value is -2.15. The lowest BCUT2D eigenvalue weighted by atomic mass is 9.98. The topological polar surface area (TPSA) is 78.7 Å². The number of carbonyl (C=O) groups is 1. The molecule has 2 heterocycles. The highest BCUT2D eigenvalue weighted by atomic mass is 16.6. The molecule has 2 aliphatic heterocycles. The van der Waals surface area contributed by atoms with Gasteiger partial charge in [-0.3, -0.25) is 14.9 Å². The predicted octanol–water partition coefficient (Wildman–Crippen LogP) is 2.66. The third kappa shape index (κ3) is 3.82. The molecule has 0 radical (unpaired) electrons. The maximum absolute atomic E-state index is 12.9. The second kappa shape index (κ2) is 8.03. The number of nitrogens with one attached hydrogen (secondary N) is 1. The van der Waals surface area contributed by atoms with Crippen molar-refractivity contribution >= 4 is 17.3 Å². The summed E-state index contributed by atoms with van der Waals surface area (Å²) >= 11 is 0. The minimum Gasteiger partial charge on any atom is -0.366 e. The Morgan fingerprint density at radius 3 is 2.65 bits per heavy atom. The molecule has 26 heavy (non-hydrogen) atoms. The van der Waals surface area contributed by atoms with E-state index in [9.17, 15) is 14.9 Å². The summed E-state index contributed by atoms with van der Waals surface area (Å²) in [6.45, 7) is 5.32. The van der Waals surface area contributed by atoms with Crippen LogP contribution in [0.3, 0.4) is 0 Å². The van der Waals surface area contributed by atoms with E-state index in [0.717, 1.165) is 45.3 Å². The van der Waals surface area contributed by atoms with Crippen molar-refractivity contribution in [2.45, 2.75) is 38.6 Å². The van der Waals surface area contributed by atoms with E-state index in [1.54, 1.807) is 12.1 Å². The standard InChI is InChI=1S/C19H28N4O3/c1-14-7-10-21(11-8-14)17-6-5-15(12-18(17)23(25)26)19(24)22-9-3-4-16(22)13-20-2/h5-6,12,14,16,20H,3-4,7-11,13H2,1-2H3. The monoisotopic (exact) mass is 360 g/mol. The van der Waals surface area contributed by atoms with Crippen molar-refractivity contribution in [3.8, 4) is 0 Å². The third-order valence-corrected chi connectivity index (χ3v) is 5.62. The second-order valence-electron chi connectivity index (χ2n) is 7.48. The predicted molar refractivity (Wildman–Crippen MR) is 102 cm³/mol. The Labute approximate surface area is 154 Å². The molecular formula is C19H28N4O3. The number of nitrogens with zero attached hydrogens (tertiary/aromatic N) is 3. The van der Waals surface area contributed by atoms with Crippen molar-refractivity contribution in [3.63, 3.8) is 0 Å². The van der Waals surface area contributed by atoms with Crippen LogP contribution in [0.2, 0.25) is 0 Å². The Morgan fingerprint density at radius 1 is 1.27 bits per heavy atom. The fourth-order valence-corrected chi connectivity index (χ4v) is 4.04. The highest BCUT2D eigenvalue weighted by Gasteiger charge is 2.31. The smallest absolute Gasteiger partial charge is 0.293 e. The molecule has 7 nitrogen and oxygen atoms in total. The lowest BCUT2D eigenvalue weighted by Gasteiger charge is -2.32. The first-order chi connectivity index (χ1) is 12.5. The van der Waals surface area contributed by atoms with Gasteiger partial charge in [0.05, 0.1) is 4.92 Å². The van der Waals surface area contributed by atoms with E-state index < -0.39 is 0 Å². The molecule has 0 aromatic heterocycles. The van der Waals surface area contributed by atoms with Crippen LogP contribution in [0.25, 0.3) is 0 Å². The zero-order valence-corrected chi connectivity index (χ0v) is 15.6. The number of carbonyl (C=O) groups excluding carboxylic acids is 1. The number of rotatable bonds is 5. The van der Waals surface area contributed by atoms with Crippen molar-refractivity contribution in [2.24, 2.45) is 5.92 Å². The van der Waals surface area contributed by atoms with Gasteiger partial charge >= 0.3 is 0 Å². The maximum atomic E-state index is 12.9. The van der Waals surface area contributed by atoms with Gasteiger partial charge in [-0.25, -0.2) is 0 Å². The molecule has 2 fully saturated rings. The third-order valence-electron chi connectivity index (χ3n) is 5.62. The van der Waals surface area contributed by atoms with Crippen LogP contribution < -0.4 is 10.2 Å². The second-order valence-corrected chi connectivity index (χ2v) is 7.48. The lowest BCUT2D eigenvalue weighted by molar-refractivity contribution is -0.384. The van der Waals surface area contributed by atoms with Gasteiger partial charge in [-0.15, -0.1) is 0 Å². The fraction of sp³-hybridized carbons (Fsp3) is 0.632. The largest absolute Gasteiger partial charge is 0.366 e. The summed E-state index contributed by atoms with van der Waals surface area (Å²) in [4.78, 5) is 28.1. The summed E-state index contributed by atoms with van der Waals surface area (Å²) < 4.78 is 0. The number of amides is 1. The first-order valence-corrected chi connectivity index (χ1v) is 9.50. The van der Waals surface area contributed by atoms with Crippen molar-refractivity contribution < 1.29 is 9.72 Å². The van der Waals surface area contributed by atoms with Gasteiger partial charge < -0.3 is 15.1 Å². The molecule has 7 heteroatoms. The zero-order chi connectivity index (χ0) is 18.7. The van der Waals surface area contributed by atoms with Gasteiger partial charge in [-0.05, 0) is 50.8 Å². The summed E-state index contributed by atoms with van der Waals surface area (Å²) in [6.07, 6.45) is 4.03. The van der Waals surface area contributed by atoms with Gasteiger partial charge in [0.2, 0.25) is 0 Å². The highest BCUT2D eigenvalue weighted by Crippen LogP contribution is 2.33. The average molecular weight is 360 g/mol. The van der Waals surface area contributed by atoms with Gasteiger partial charge in [-0.1, -0.05) is 6.92 Å². The molecule has 142 valence electrons. The van der Waals surface area contributed by atoms with E-state index in [4.69, 9.17) is 0 Å². The lowest BCUT2D eigenvalue weighted by Crippen LogP contribution is -2.40. The van der Waals surface area contributed by atoms with Crippen LogP contribution >= 0.6 is 0 Å². The number of likely N-dealkylation sites (tertiary alicyclic amines) is 1. The molecule has 0 saturated carbocycles. The number of benzene rings is 1. The van der Waals surface area contributed by atoms with E-state index in [-0.39, 0.29) is 22.6 Å². The number of piperidine rings is 1.